The maximum Gasteiger partial charge on any atom is 0.257 e. The molecule has 1 aromatic carbocycles. The summed E-state index contributed by atoms with van der Waals surface area (Å²) in [6, 6.07) is 8.16. The van der Waals surface area contributed by atoms with Gasteiger partial charge in [0.25, 0.3) is 11.8 Å². The molecule has 2 aromatic rings. The number of para-hydroxylation sites is 1. The number of rotatable bonds is 10. The highest BCUT2D eigenvalue weighted by molar-refractivity contribution is 7.99. The average Bonchev–Trinajstić information content (AvgIpc) is 3.00. The van der Waals surface area contributed by atoms with E-state index in [9.17, 15) is 14.0 Å². The van der Waals surface area contributed by atoms with Gasteiger partial charge in [-0.2, -0.15) is 11.8 Å². The first-order valence-corrected chi connectivity index (χ1v) is 15.7. The van der Waals surface area contributed by atoms with Crippen molar-refractivity contribution in [2.45, 2.75) is 82.3 Å². The van der Waals surface area contributed by atoms with Gasteiger partial charge >= 0.3 is 0 Å². The molecule has 41 heavy (non-hydrogen) atoms. The second-order valence-corrected chi connectivity index (χ2v) is 11.9. The van der Waals surface area contributed by atoms with Crippen molar-refractivity contribution >= 4 is 23.6 Å². The van der Waals surface area contributed by atoms with E-state index in [0.717, 1.165) is 49.8 Å². The fourth-order valence-corrected chi connectivity index (χ4v) is 6.40. The van der Waals surface area contributed by atoms with Gasteiger partial charge in [-0.3, -0.25) is 9.59 Å². The van der Waals surface area contributed by atoms with Crippen molar-refractivity contribution in [3.05, 3.63) is 53.5 Å². The quantitative estimate of drug-likeness (QED) is 0.380. The topological polar surface area (TPSA) is 108 Å². The first-order chi connectivity index (χ1) is 20.0. The van der Waals surface area contributed by atoms with Crippen molar-refractivity contribution in [2.24, 2.45) is 0 Å². The molecule has 1 aliphatic carbocycles. The van der Waals surface area contributed by atoms with Gasteiger partial charge < -0.3 is 29.6 Å². The summed E-state index contributed by atoms with van der Waals surface area (Å²) in [5.41, 5.74) is 0.563. The molecule has 2 aliphatic heterocycles. The van der Waals surface area contributed by atoms with Crippen LogP contribution in [0.15, 0.2) is 36.5 Å². The molecule has 2 saturated heterocycles. The van der Waals surface area contributed by atoms with Crippen molar-refractivity contribution in [1.82, 2.24) is 15.6 Å². The summed E-state index contributed by atoms with van der Waals surface area (Å²) >= 11 is 1.87. The molecule has 0 bridgehead atoms. The molecule has 2 amide bonds. The van der Waals surface area contributed by atoms with Crippen molar-refractivity contribution in [1.29, 1.82) is 0 Å². The zero-order chi connectivity index (χ0) is 28.4. The summed E-state index contributed by atoms with van der Waals surface area (Å²) in [4.78, 5) is 30.3. The zero-order valence-electron chi connectivity index (χ0n) is 23.1. The summed E-state index contributed by atoms with van der Waals surface area (Å²) < 4.78 is 37.0. The molecule has 0 spiro atoms. The minimum Gasteiger partial charge on any atom is -0.474 e. The van der Waals surface area contributed by atoms with Gasteiger partial charge in [0.1, 0.15) is 23.2 Å². The highest BCUT2D eigenvalue weighted by Crippen LogP contribution is 2.26. The Kier molecular flexibility index (Phi) is 10.7. The van der Waals surface area contributed by atoms with E-state index in [1.165, 1.54) is 6.07 Å². The molecular weight excluding hydrogens is 549 g/mol. The van der Waals surface area contributed by atoms with Crippen LogP contribution >= 0.6 is 11.8 Å². The third-order valence-corrected chi connectivity index (χ3v) is 8.69. The largest absolute Gasteiger partial charge is 0.474 e. The molecule has 5 rings (SSSR count). The molecule has 222 valence electrons. The number of thioether (sulfide) groups is 1. The molecule has 3 heterocycles. The number of benzene rings is 1. The normalized spacial score (nSPS) is 23.4. The van der Waals surface area contributed by atoms with E-state index in [2.05, 4.69) is 15.6 Å². The molecule has 1 atom stereocenters. The Morgan fingerprint density at radius 2 is 1.66 bits per heavy atom. The van der Waals surface area contributed by atoms with Crippen LogP contribution in [0.25, 0.3) is 0 Å². The number of pyridine rings is 1. The van der Waals surface area contributed by atoms with E-state index >= 15 is 0 Å². The summed E-state index contributed by atoms with van der Waals surface area (Å²) in [7, 11) is 0. The predicted molar refractivity (Wildman–Crippen MR) is 153 cm³/mol. The smallest absolute Gasteiger partial charge is 0.257 e. The van der Waals surface area contributed by atoms with Crippen molar-refractivity contribution < 1.29 is 32.9 Å². The van der Waals surface area contributed by atoms with E-state index in [-0.39, 0.29) is 48.6 Å². The van der Waals surface area contributed by atoms with Crippen LogP contribution in [0.3, 0.4) is 0 Å². The molecule has 3 aliphatic rings. The Morgan fingerprint density at radius 3 is 2.37 bits per heavy atom. The molecule has 1 saturated carbocycles. The highest BCUT2D eigenvalue weighted by atomic mass is 32.2. The van der Waals surface area contributed by atoms with E-state index < -0.39 is 11.7 Å². The molecular formula is C30H38FN3O6S. The first kappa shape index (κ1) is 29.6. The van der Waals surface area contributed by atoms with Crippen molar-refractivity contribution in [3.63, 3.8) is 0 Å². The summed E-state index contributed by atoms with van der Waals surface area (Å²) in [6.07, 6.45) is 8.25. The number of aromatic nitrogens is 1. The van der Waals surface area contributed by atoms with Gasteiger partial charge in [-0.25, -0.2) is 9.37 Å². The molecule has 2 N–H and O–H groups in total. The lowest BCUT2D eigenvalue weighted by atomic mass is 9.90. The van der Waals surface area contributed by atoms with Gasteiger partial charge in [0.15, 0.2) is 13.1 Å². The Hall–Kier alpha value is -2.89. The number of ether oxygens (including phenoxy) is 4. The summed E-state index contributed by atoms with van der Waals surface area (Å²) in [6.45, 7) is 0.694. The van der Waals surface area contributed by atoms with E-state index in [4.69, 9.17) is 18.9 Å². The summed E-state index contributed by atoms with van der Waals surface area (Å²) in [5, 5.41) is 6.12. The van der Waals surface area contributed by atoms with Crippen LogP contribution in [0.5, 0.6) is 11.6 Å². The zero-order valence-corrected chi connectivity index (χ0v) is 24.0. The highest BCUT2D eigenvalue weighted by Gasteiger charge is 2.27. The van der Waals surface area contributed by atoms with Crippen LogP contribution in [-0.4, -0.2) is 66.2 Å². The van der Waals surface area contributed by atoms with Crippen LogP contribution in [0.2, 0.25) is 0 Å². The third kappa shape index (κ3) is 8.56. The Morgan fingerprint density at radius 1 is 0.951 bits per heavy atom. The van der Waals surface area contributed by atoms with E-state index in [1.54, 1.807) is 18.2 Å². The fourth-order valence-electron chi connectivity index (χ4n) is 5.34. The third-order valence-electron chi connectivity index (χ3n) is 7.64. The SMILES string of the molecule is O=C(NC1CCC(NC(=O)c2cc(F)cnc2OC2CCSCC2)CC1)c1ccccc1OCOC1CCCCO1. The number of amides is 2. The molecule has 3 fully saturated rings. The van der Waals surface area contributed by atoms with Gasteiger partial charge in [-0.15, -0.1) is 0 Å². The molecule has 1 unspecified atom stereocenters. The molecule has 9 nitrogen and oxygen atoms in total. The van der Waals surface area contributed by atoms with Gasteiger partial charge in [-0.1, -0.05) is 12.1 Å². The standard InChI is InChI=1S/C30H38FN3O6S/c31-20-17-25(30(32-18-20)40-23-12-15-41-16-13-23)29(36)34-22-10-8-21(9-11-22)33-28(35)24-5-1-2-6-26(24)38-19-39-27-7-3-4-14-37-27/h1-2,5-6,17-18,21-23,27H,3-4,7-16,19H2,(H,33,35)(H,34,36). The maximum atomic E-state index is 14.0. The molecule has 0 radical (unpaired) electrons. The number of nitrogens with zero attached hydrogens (tertiary/aromatic N) is 1. The first-order valence-electron chi connectivity index (χ1n) is 14.5. The van der Waals surface area contributed by atoms with E-state index in [1.807, 2.05) is 17.8 Å². The van der Waals surface area contributed by atoms with Gasteiger partial charge in [-0.05, 0) is 87.5 Å². The monoisotopic (exact) mass is 587 g/mol. The van der Waals surface area contributed by atoms with Crippen LogP contribution < -0.4 is 20.1 Å². The van der Waals surface area contributed by atoms with Crippen LogP contribution in [0.1, 0.15) is 78.5 Å². The Balaban J connectivity index is 1.09. The number of hydrogen-bond acceptors (Lipinski definition) is 8. The van der Waals surface area contributed by atoms with Crippen molar-refractivity contribution in [3.8, 4) is 11.6 Å². The van der Waals surface area contributed by atoms with Crippen molar-refractivity contribution in [2.75, 3.05) is 24.9 Å². The number of carbonyl (C=O) groups is 2. The predicted octanol–water partition coefficient (Wildman–Crippen LogP) is 4.85. The second-order valence-electron chi connectivity index (χ2n) is 10.7. The minimum absolute atomic E-state index is 0.00702. The minimum atomic E-state index is -0.578. The van der Waals surface area contributed by atoms with E-state index in [0.29, 0.717) is 43.6 Å². The maximum absolute atomic E-state index is 14.0. The lowest BCUT2D eigenvalue weighted by molar-refractivity contribution is -0.190. The molecule has 1 aromatic heterocycles. The summed E-state index contributed by atoms with van der Waals surface area (Å²) in [5.74, 6) is 1.44. The van der Waals surface area contributed by atoms with Gasteiger partial charge in [0.2, 0.25) is 5.88 Å². The number of halogens is 1. The fraction of sp³-hybridized carbons (Fsp3) is 0.567. The van der Waals surface area contributed by atoms with Crippen LogP contribution in [0.4, 0.5) is 4.39 Å². The lowest BCUT2D eigenvalue weighted by Gasteiger charge is -2.30. The lowest BCUT2D eigenvalue weighted by Crippen LogP contribution is -2.44. The number of nitrogens with one attached hydrogen (secondary N) is 2. The van der Waals surface area contributed by atoms with Gasteiger partial charge in [0, 0.05) is 18.7 Å². The van der Waals surface area contributed by atoms with Gasteiger partial charge in [0.05, 0.1) is 11.8 Å². The number of carbonyl (C=O) groups excluding carboxylic acids is 2. The van der Waals surface area contributed by atoms with Crippen LogP contribution in [0, 0.1) is 5.82 Å². The Labute approximate surface area is 244 Å². The Bertz CT molecular complexity index is 1170. The molecule has 11 heteroatoms. The second kappa shape index (κ2) is 14.8. The average molecular weight is 588 g/mol. The van der Waals surface area contributed by atoms with Crippen LogP contribution in [-0.2, 0) is 9.47 Å². The number of hydrogen-bond donors (Lipinski definition) is 2.